The molecule has 0 bridgehead atoms. The molecule has 17 heavy (non-hydrogen) atoms. The Balaban J connectivity index is 2.31. The SMILES string of the molecule is O=C(O)C1=CC2=CC=C(C(=O)O)CCC2C=C1. The van der Waals surface area contributed by atoms with Gasteiger partial charge in [-0.25, -0.2) is 9.59 Å². The van der Waals surface area contributed by atoms with Gasteiger partial charge in [-0.3, -0.25) is 0 Å². The molecular formula is C13H12O4. The molecule has 0 saturated heterocycles. The van der Waals surface area contributed by atoms with Gasteiger partial charge in [-0.2, -0.15) is 0 Å². The molecule has 4 nitrogen and oxygen atoms in total. The van der Waals surface area contributed by atoms with Crippen LogP contribution >= 0.6 is 0 Å². The molecule has 0 aromatic carbocycles. The zero-order valence-electron chi connectivity index (χ0n) is 9.09. The van der Waals surface area contributed by atoms with Crippen LogP contribution in [0.3, 0.4) is 0 Å². The van der Waals surface area contributed by atoms with Crippen LogP contribution in [0.25, 0.3) is 0 Å². The van der Waals surface area contributed by atoms with Gasteiger partial charge in [-0.05, 0) is 24.5 Å². The van der Waals surface area contributed by atoms with Crippen molar-refractivity contribution in [2.24, 2.45) is 5.92 Å². The highest BCUT2D eigenvalue weighted by molar-refractivity contribution is 5.91. The van der Waals surface area contributed by atoms with Crippen molar-refractivity contribution in [2.75, 3.05) is 0 Å². The molecule has 1 unspecified atom stereocenters. The van der Waals surface area contributed by atoms with Crippen LogP contribution in [-0.2, 0) is 9.59 Å². The van der Waals surface area contributed by atoms with Gasteiger partial charge < -0.3 is 10.2 Å². The molecule has 88 valence electrons. The Bertz CT molecular complexity index is 492. The van der Waals surface area contributed by atoms with Gasteiger partial charge in [0.1, 0.15) is 0 Å². The zero-order chi connectivity index (χ0) is 12.4. The zero-order valence-corrected chi connectivity index (χ0v) is 9.09. The molecule has 0 fully saturated rings. The van der Waals surface area contributed by atoms with E-state index in [1.54, 1.807) is 24.3 Å². The Morgan fingerprint density at radius 1 is 1.18 bits per heavy atom. The molecule has 1 atom stereocenters. The van der Waals surface area contributed by atoms with Gasteiger partial charge in [-0.15, -0.1) is 0 Å². The second-order valence-electron chi connectivity index (χ2n) is 4.07. The van der Waals surface area contributed by atoms with Crippen molar-refractivity contribution in [3.8, 4) is 0 Å². The number of carboxylic acid groups (broad SMARTS) is 2. The van der Waals surface area contributed by atoms with Crippen molar-refractivity contribution < 1.29 is 19.8 Å². The van der Waals surface area contributed by atoms with Crippen LogP contribution in [0.4, 0.5) is 0 Å². The first kappa shape index (κ1) is 11.4. The predicted octanol–water partition coefficient (Wildman–Crippen LogP) is 1.91. The molecule has 0 aromatic heterocycles. The lowest BCUT2D eigenvalue weighted by molar-refractivity contribution is -0.133. The van der Waals surface area contributed by atoms with Crippen LogP contribution in [0, 0.1) is 5.92 Å². The summed E-state index contributed by atoms with van der Waals surface area (Å²) in [5, 5.41) is 17.8. The number of hydrogen-bond donors (Lipinski definition) is 2. The molecule has 2 aliphatic rings. The Labute approximate surface area is 98.3 Å². The largest absolute Gasteiger partial charge is 0.478 e. The summed E-state index contributed by atoms with van der Waals surface area (Å²) in [5.41, 5.74) is 1.46. The lowest BCUT2D eigenvalue weighted by Gasteiger charge is -2.16. The van der Waals surface area contributed by atoms with Crippen molar-refractivity contribution >= 4 is 11.9 Å². The van der Waals surface area contributed by atoms with Crippen LogP contribution in [0.2, 0.25) is 0 Å². The average Bonchev–Trinajstić information content (AvgIpc) is 2.50. The van der Waals surface area contributed by atoms with E-state index in [0.29, 0.717) is 18.4 Å². The summed E-state index contributed by atoms with van der Waals surface area (Å²) in [6.45, 7) is 0. The lowest BCUT2D eigenvalue weighted by Crippen LogP contribution is -2.08. The third kappa shape index (κ3) is 2.36. The van der Waals surface area contributed by atoms with E-state index in [0.717, 1.165) is 5.57 Å². The topological polar surface area (TPSA) is 74.6 Å². The summed E-state index contributed by atoms with van der Waals surface area (Å²) in [6, 6.07) is 0. The molecule has 0 aliphatic heterocycles. The van der Waals surface area contributed by atoms with Gasteiger partial charge in [0.2, 0.25) is 0 Å². The first-order valence-corrected chi connectivity index (χ1v) is 5.35. The monoisotopic (exact) mass is 232 g/mol. The van der Waals surface area contributed by atoms with E-state index in [4.69, 9.17) is 10.2 Å². The molecule has 0 spiro atoms. The number of hydrogen-bond acceptors (Lipinski definition) is 2. The highest BCUT2D eigenvalue weighted by Crippen LogP contribution is 2.30. The maximum atomic E-state index is 10.9. The van der Waals surface area contributed by atoms with Crippen molar-refractivity contribution in [3.63, 3.8) is 0 Å². The van der Waals surface area contributed by atoms with Crippen molar-refractivity contribution in [1.29, 1.82) is 0 Å². The number of carboxylic acids is 2. The van der Waals surface area contributed by atoms with E-state index in [2.05, 4.69) is 0 Å². The minimum Gasteiger partial charge on any atom is -0.478 e. The lowest BCUT2D eigenvalue weighted by atomic mass is 9.88. The third-order valence-corrected chi connectivity index (χ3v) is 2.98. The molecule has 4 heteroatoms. The summed E-state index contributed by atoms with van der Waals surface area (Å²) in [6.07, 6.45) is 9.48. The van der Waals surface area contributed by atoms with E-state index < -0.39 is 11.9 Å². The second-order valence-corrected chi connectivity index (χ2v) is 4.07. The van der Waals surface area contributed by atoms with Gasteiger partial charge in [0.25, 0.3) is 0 Å². The van der Waals surface area contributed by atoms with Crippen molar-refractivity contribution in [1.82, 2.24) is 0 Å². The average molecular weight is 232 g/mol. The quantitative estimate of drug-likeness (QED) is 0.762. The first-order chi connectivity index (χ1) is 8.08. The number of fused-ring (bicyclic) bond motifs is 1. The maximum Gasteiger partial charge on any atom is 0.335 e. The van der Waals surface area contributed by atoms with Gasteiger partial charge in [0.15, 0.2) is 0 Å². The number of rotatable bonds is 2. The van der Waals surface area contributed by atoms with E-state index in [-0.39, 0.29) is 11.5 Å². The fourth-order valence-electron chi connectivity index (χ4n) is 2.00. The minimum absolute atomic E-state index is 0.117. The van der Waals surface area contributed by atoms with Crippen LogP contribution in [0.1, 0.15) is 12.8 Å². The predicted molar refractivity (Wildman–Crippen MR) is 61.4 cm³/mol. The summed E-state index contributed by atoms with van der Waals surface area (Å²) in [4.78, 5) is 21.7. The minimum atomic E-state index is -0.965. The van der Waals surface area contributed by atoms with E-state index in [1.165, 1.54) is 0 Å². The Kier molecular flexibility index (Phi) is 2.95. The first-order valence-electron chi connectivity index (χ1n) is 5.35. The maximum absolute atomic E-state index is 10.9. The molecule has 0 saturated carbocycles. The molecule has 2 aliphatic carbocycles. The summed E-state index contributed by atoms with van der Waals surface area (Å²) in [5.74, 6) is -1.76. The van der Waals surface area contributed by atoms with Crippen LogP contribution in [0.15, 0.2) is 47.1 Å². The Hall–Kier alpha value is -2.10. The molecular weight excluding hydrogens is 220 g/mol. The summed E-state index contributed by atoms with van der Waals surface area (Å²) in [7, 11) is 0. The highest BCUT2D eigenvalue weighted by atomic mass is 16.4. The molecule has 2 rings (SSSR count). The van der Waals surface area contributed by atoms with Crippen LogP contribution in [-0.4, -0.2) is 22.2 Å². The van der Waals surface area contributed by atoms with Gasteiger partial charge in [0.05, 0.1) is 5.57 Å². The highest BCUT2D eigenvalue weighted by Gasteiger charge is 2.20. The number of aliphatic carboxylic acids is 2. The number of allylic oxidation sites excluding steroid dienone is 5. The second kappa shape index (κ2) is 4.41. The van der Waals surface area contributed by atoms with Gasteiger partial charge >= 0.3 is 11.9 Å². The fourth-order valence-corrected chi connectivity index (χ4v) is 2.00. The van der Waals surface area contributed by atoms with Crippen molar-refractivity contribution in [3.05, 3.63) is 47.1 Å². The van der Waals surface area contributed by atoms with E-state index in [1.807, 2.05) is 6.08 Å². The third-order valence-electron chi connectivity index (χ3n) is 2.98. The summed E-state index contributed by atoms with van der Waals surface area (Å²) >= 11 is 0. The molecule has 2 N–H and O–H groups in total. The summed E-state index contributed by atoms with van der Waals surface area (Å²) < 4.78 is 0. The van der Waals surface area contributed by atoms with E-state index >= 15 is 0 Å². The van der Waals surface area contributed by atoms with Crippen molar-refractivity contribution in [2.45, 2.75) is 12.8 Å². The number of carbonyl (C=O) groups is 2. The fraction of sp³-hybridized carbons (Fsp3) is 0.231. The van der Waals surface area contributed by atoms with Crippen LogP contribution in [0.5, 0.6) is 0 Å². The van der Waals surface area contributed by atoms with E-state index in [9.17, 15) is 9.59 Å². The normalized spacial score (nSPS) is 22.8. The molecule has 0 amide bonds. The molecule has 0 radical (unpaired) electrons. The molecule has 0 heterocycles. The van der Waals surface area contributed by atoms with Gasteiger partial charge in [0, 0.05) is 11.5 Å². The molecule has 0 aromatic rings. The Morgan fingerprint density at radius 3 is 2.59 bits per heavy atom. The van der Waals surface area contributed by atoms with Gasteiger partial charge in [-0.1, -0.05) is 24.3 Å². The Morgan fingerprint density at radius 2 is 1.94 bits per heavy atom. The standard InChI is InChI=1S/C13H12O4/c14-12(15)9-3-1-8-2-6-11(13(16)17)7-10(8)5-4-9/h2,4-8H,1,3H2,(H,14,15)(H,16,17). The van der Waals surface area contributed by atoms with Crippen LogP contribution < -0.4 is 0 Å². The smallest absolute Gasteiger partial charge is 0.335 e.